The number of hydrogen-bond acceptors (Lipinski definition) is 5. The fourth-order valence-corrected chi connectivity index (χ4v) is 2.42. The zero-order valence-corrected chi connectivity index (χ0v) is 10.1. The molecule has 0 unspecified atom stereocenters. The summed E-state index contributed by atoms with van der Waals surface area (Å²) in [4.78, 5) is 14.2. The topological polar surface area (TPSA) is 67.9 Å². The number of halogens is 1. The molecule has 1 heterocycles. The molecule has 0 saturated heterocycles. The molecule has 5 nitrogen and oxygen atoms in total. The summed E-state index contributed by atoms with van der Waals surface area (Å²) < 4.78 is 0. The minimum atomic E-state index is 0.166. The van der Waals surface area contributed by atoms with Gasteiger partial charge in [0.05, 0.1) is 0 Å². The predicted molar refractivity (Wildman–Crippen MR) is 64.5 cm³/mol. The molecule has 0 aromatic carbocycles. The SMILES string of the molecule is CCN(c1nc(N)nc(Cl)n1)C1CCCC1. The molecular formula is C10H16ClN5. The van der Waals surface area contributed by atoms with Gasteiger partial charge in [-0.3, -0.25) is 0 Å². The van der Waals surface area contributed by atoms with Gasteiger partial charge in [-0.25, -0.2) is 0 Å². The molecule has 1 aromatic heterocycles. The second-order valence-electron chi connectivity index (χ2n) is 3.99. The minimum Gasteiger partial charge on any atom is -0.368 e. The van der Waals surface area contributed by atoms with Gasteiger partial charge in [-0.15, -0.1) is 0 Å². The van der Waals surface area contributed by atoms with Crippen LogP contribution >= 0.6 is 11.6 Å². The Bertz CT molecular complexity index is 344. The Morgan fingerprint density at radius 2 is 2.00 bits per heavy atom. The highest BCUT2D eigenvalue weighted by Gasteiger charge is 2.23. The van der Waals surface area contributed by atoms with Crippen LogP contribution in [-0.4, -0.2) is 27.5 Å². The first-order valence-corrected chi connectivity index (χ1v) is 6.02. The van der Waals surface area contributed by atoms with Crippen LogP contribution in [0.15, 0.2) is 0 Å². The number of aromatic nitrogens is 3. The smallest absolute Gasteiger partial charge is 0.231 e. The van der Waals surface area contributed by atoms with E-state index >= 15 is 0 Å². The molecular weight excluding hydrogens is 226 g/mol. The Hall–Kier alpha value is -1.10. The quantitative estimate of drug-likeness (QED) is 0.875. The molecule has 1 aliphatic carbocycles. The van der Waals surface area contributed by atoms with E-state index in [1.807, 2.05) is 0 Å². The van der Waals surface area contributed by atoms with Crippen LogP contribution in [0.1, 0.15) is 32.6 Å². The van der Waals surface area contributed by atoms with Crippen molar-refractivity contribution in [2.45, 2.75) is 38.6 Å². The van der Waals surface area contributed by atoms with Gasteiger partial charge in [-0.2, -0.15) is 15.0 Å². The number of anilines is 2. The molecule has 16 heavy (non-hydrogen) atoms. The van der Waals surface area contributed by atoms with Gasteiger partial charge in [0.2, 0.25) is 17.2 Å². The Morgan fingerprint density at radius 3 is 2.56 bits per heavy atom. The van der Waals surface area contributed by atoms with E-state index in [0.717, 1.165) is 6.54 Å². The van der Waals surface area contributed by atoms with Crippen LogP contribution in [0.3, 0.4) is 0 Å². The van der Waals surface area contributed by atoms with Gasteiger partial charge < -0.3 is 10.6 Å². The Kier molecular flexibility index (Phi) is 3.43. The molecule has 2 N–H and O–H groups in total. The fraction of sp³-hybridized carbons (Fsp3) is 0.700. The van der Waals surface area contributed by atoms with Gasteiger partial charge in [0, 0.05) is 12.6 Å². The van der Waals surface area contributed by atoms with Crippen molar-refractivity contribution in [2.24, 2.45) is 0 Å². The van der Waals surface area contributed by atoms with Gasteiger partial charge in [0.25, 0.3) is 0 Å². The third-order valence-corrected chi connectivity index (χ3v) is 3.15. The van der Waals surface area contributed by atoms with Crippen LogP contribution in [0.4, 0.5) is 11.9 Å². The Labute approximate surface area is 100 Å². The summed E-state index contributed by atoms with van der Waals surface area (Å²) in [7, 11) is 0. The molecule has 1 saturated carbocycles. The molecule has 0 aliphatic heterocycles. The van der Waals surface area contributed by atoms with Crippen LogP contribution in [0, 0.1) is 0 Å². The first-order chi connectivity index (χ1) is 7.70. The Balaban J connectivity index is 2.24. The number of hydrogen-bond donors (Lipinski definition) is 1. The van der Waals surface area contributed by atoms with E-state index < -0.39 is 0 Å². The average molecular weight is 242 g/mol. The van der Waals surface area contributed by atoms with Crippen molar-refractivity contribution >= 4 is 23.5 Å². The van der Waals surface area contributed by atoms with Gasteiger partial charge in [-0.05, 0) is 31.4 Å². The normalized spacial score (nSPS) is 16.6. The molecule has 6 heteroatoms. The van der Waals surface area contributed by atoms with Crippen LogP contribution in [0.2, 0.25) is 5.28 Å². The highest BCUT2D eigenvalue weighted by Crippen LogP contribution is 2.26. The highest BCUT2D eigenvalue weighted by atomic mass is 35.5. The van der Waals surface area contributed by atoms with Gasteiger partial charge in [-0.1, -0.05) is 12.8 Å². The summed E-state index contributed by atoms with van der Waals surface area (Å²) in [5, 5.41) is 0.166. The first-order valence-electron chi connectivity index (χ1n) is 5.64. The molecule has 1 fully saturated rings. The largest absolute Gasteiger partial charge is 0.368 e. The van der Waals surface area contributed by atoms with Crippen LogP contribution in [0.5, 0.6) is 0 Å². The van der Waals surface area contributed by atoms with Crippen molar-refractivity contribution in [2.75, 3.05) is 17.2 Å². The van der Waals surface area contributed by atoms with Gasteiger partial charge in [0.15, 0.2) is 0 Å². The van der Waals surface area contributed by atoms with E-state index in [2.05, 4.69) is 26.8 Å². The molecule has 2 rings (SSSR count). The lowest BCUT2D eigenvalue weighted by atomic mass is 10.2. The van der Waals surface area contributed by atoms with E-state index in [1.54, 1.807) is 0 Å². The standard InChI is InChI=1S/C10H16ClN5/c1-2-16(7-5-3-4-6-7)10-14-8(11)13-9(12)15-10/h7H,2-6H2,1H3,(H2,12,13,14,15). The second kappa shape index (κ2) is 4.82. The van der Waals surface area contributed by atoms with Crippen molar-refractivity contribution < 1.29 is 0 Å². The fourth-order valence-electron chi connectivity index (χ4n) is 2.26. The zero-order valence-electron chi connectivity index (χ0n) is 9.36. The van der Waals surface area contributed by atoms with Crippen molar-refractivity contribution in [3.63, 3.8) is 0 Å². The third-order valence-electron chi connectivity index (χ3n) is 2.98. The molecule has 88 valence electrons. The van der Waals surface area contributed by atoms with E-state index in [9.17, 15) is 0 Å². The van der Waals surface area contributed by atoms with Crippen LogP contribution < -0.4 is 10.6 Å². The summed E-state index contributed by atoms with van der Waals surface area (Å²) in [6, 6.07) is 0.517. The summed E-state index contributed by atoms with van der Waals surface area (Å²) >= 11 is 5.79. The van der Waals surface area contributed by atoms with E-state index in [0.29, 0.717) is 12.0 Å². The monoisotopic (exact) mass is 241 g/mol. The van der Waals surface area contributed by atoms with Crippen molar-refractivity contribution in [1.82, 2.24) is 15.0 Å². The summed E-state index contributed by atoms with van der Waals surface area (Å²) in [5.41, 5.74) is 5.58. The molecule has 0 radical (unpaired) electrons. The lowest BCUT2D eigenvalue weighted by Crippen LogP contribution is -2.34. The highest BCUT2D eigenvalue weighted by molar-refractivity contribution is 6.28. The Morgan fingerprint density at radius 1 is 1.31 bits per heavy atom. The molecule has 1 aromatic rings. The second-order valence-corrected chi connectivity index (χ2v) is 4.32. The van der Waals surface area contributed by atoms with Gasteiger partial charge >= 0.3 is 0 Å². The maximum atomic E-state index is 5.79. The van der Waals surface area contributed by atoms with Crippen molar-refractivity contribution in [3.05, 3.63) is 5.28 Å². The predicted octanol–water partition coefficient (Wildman–Crippen LogP) is 1.88. The maximum absolute atomic E-state index is 5.79. The van der Waals surface area contributed by atoms with Crippen molar-refractivity contribution in [1.29, 1.82) is 0 Å². The number of nitrogens with two attached hydrogens (primary N) is 1. The number of nitrogens with zero attached hydrogens (tertiary/aromatic N) is 4. The zero-order chi connectivity index (χ0) is 11.5. The molecule has 1 aliphatic rings. The van der Waals surface area contributed by atoms with Crippen molar-refractivity contribution in [3.8, 4) is 0 Å². The minimum absolute atomic E-state index is 0.166. The average Bonchev–Trinajstić information content (AvgIpc) is 2.70. The summed E-state index contributed by atoms with van der Waals surface area (Å²) in [6.45, 7) is 2.96. The van der Waals surface area contributed by atoms with E-state index in [4.69, 9.17) is 17.3 Å². The molecule has 0 atom stereocenters. The molecule has 0 bridgehead atoms. The maximum Gasteiger partial charge on any atom is 0.231 e. The number of nitrogen functional groups attached to an aromatic ring is 1. The van der Waals surface area contributed by atoms with E-state index in [-0.39, 0.29) is 11.2 Å². The summed E-state index contributed by atoms with van der Waals surface area (Å²) in [6.07, 6.45) is 4.93. The summed E-state index contributed by atoms with van der Waals surface area (Å²) in [5.74, 6) is 0.790. The molecule has 0 amide bonds. The third kappa shape index (κ3) is 2.35. The number of rotatable bonds is 3. The first kappa shape index (κ1) is 11.4. The molecule has 0 spiro atoms. The lowest BCUT2D eigenvalue weighted by Gasteiger charge is -2.27. The van der Waals surface area contributed by atoms with Crippen LogP contribution in [-0.2, 0) is 0 Å². The van der Waals surface area contributed by atoms with Gasteiger partial charge in [0.1, 0.15) is 0 Å². The van der Waals surface area contributed by atoms with Crippen LogP contribution in [0.25, 0.3) is 0 Å². The lowest BCUT2D eigenvalue weighted by molar-refractivity contribution is 0.604. The van der Waals surface area contributed by atoms with E-state index in [1.165, 1.54) is 25.7 Å².